The normalized spacial score (nSPS) is 11.1. The molecule has 2 rings (SSSR count). The van der Waals surface area contributed by atoms with E-state index in [1.54, 1.807) is 0 Å². The predicted molar refractivity (Wildman–Crippen MR) is 121 cm³/mol. The van der Waals surface area contributed by atoms with Gasteiger partial charge in [0.05, 0.1) is 18.0 Å². The largest absolute Gasteiger partial charge is 0.494 e. The fraction of sp³-hybridized carbons (Fsp3) is 0.480. The van der Waals surface area contributed by atoms with E-state index in [9.17, 15) is 4.79 Å². The Hall–Kier alpha value is -2.69. The molecule has 0 saturated heterocycles. The third kappa shape index (κ3) is 10.2. The standard InChI is InChI=1S/C25H34N2O3/c1-2-3-4-5-7-10-21-12-14-22(15-13-21)26-27-23-16-18-24(19-17-23)30-20-9-6-8-11-25(28)29/h12-19H,2-11,20H2,1H3,(H,28,29). The van der Waals surface area contributed by atoms with Crippen molar-refractivity contribution in [2.75, 3.05) is 6.61 Å². The lowest BCUT2D eigenvalue weighted by molar-refractivity contribution is -0.137. The molecule has 0 spiro atoms. The van der Waals surface area contributed by atoms with Crippen LogP contribution in [0.4, 0.5) is 11.4 Å². The van der Waals surface area contributed by atoms with Crippen LogP contribution in [0.2, 0.25) is 0 Å². The van der Waals surface area contributed by atoms with Gasteiger partial charge in [0.25, 0.3) is 0 Å². The zero-order valence-electron chi connectivity index (χ0n) is 18.1. The Morgan fingerprint density at radius 2 is 1.40 bits per heavy atom. The van der Waals surface area contributed by atoms with Crippen LogP contribution in [-0.4, -0.2) is 17.7 Å². The van der Waals surface area contributed by atoms with Crippen LogP contribution in [0.1, 0.15) is 70.3 Å². The van der Waals surface area contributed by atoms with Crippen molar-refractivity contribution in [1.29, 1.82) is 0 Å². The number of aliphatic carboxylic acids is 1. The highest BCUT2D eigenvalue weighted by molar-refractivity contribution is 5.66. The van der Waals surface area contributed by atoms with E-state index < -0.39 is 5.97 Å². The van der Waals surface area contributed by atoms with Crippen LogP contribution in [-0.2, 0) is 11.2 Å². The van der Waals surface area contributed by atoms with E-state index in [1.807, 2.05) is 36.4 Å². The summed E-state index contributed by atoms with van der Waals surface area (Å²) in [6.07, 6.45) is 10.3. The van der Waals surface area contributed by atoms with Crippen LogP contribution in [0, 0.1) is 0 Å². The van der Waals surface area contributed by atoms with Gasteiger partial charge in [0, 0.05) is 6.42 Å². The molecule has 0 bridgehead atoms. The van der Waals surface area contributed by atoms with E-state index in [0.717, 1.165) is 36.4 Å². The lowest BCUT2D eigenvalue weighted by Crippen LogP contribution is -1.98. The van der Waals surface area contributed by atoms with Crippen LogP contribution in [0.15, 0.2) is 58.8 Å². The maximum Gasteiger partial charge on any atom is 0.303 e. The Balaban J connectivity index is 1.69. The van der Waals surface area contributed by atoms with Crippen LogP contribution in [0.3, 0.4) is 0 Å². The molecule has 0 aliphatic heterocycles. The highest BCUT2D eigenvalue weighted by Gasteiger charge is 1.99. The van der Waals surface area contributed by atoms with Gasteiger partial charge in [-0.2, -0.15) is 10.2 Å². The predicted octanol–water partition coefficient (Wildman–Crippen LogP) is 7.64. The number of aryl methyl sites for hydroxylation is 1. The summed E-state index contributed by atoms with van der Waals surface area (Å²) in [5.74, 6) is 0.0462. The Bertz CT molecular complexity index is 755. The minimum Gasteiger partial charge on any atom is -0.494 e. The van der Waals surface area contributed by atoms with Gasteiger partial charge in [-0.3, -0.25) is 4.79 Å². The number of hydrogen-bond acceptors (Lipinski definition) is 4. The summed E-state index contributed by atoms with van der Waals surface area (Å²) in [7, 11) is 0. The summed E-state index contributed by atoms with van der Waals surface area (Å²) in [4.78, 5) is 10.5. The van der Waals surface area contributed by atoms with Crippen molar-refractivity contribution in [3.8, 4) is 5.75 Å². The number of nitrogens with zero attached hydrogens (tertiary/aromatic N) is 2. The van der Waals surface area contributed by atoms with Crippen molar-refractivity contribution in [2.24, 2.45) is 10.2 Å². The van der Waals surface area contributed by atoms with Crippen molar-refractivity contribution >= 4 is 17.3 Å². The molecule has 5 nitrogen and oxygen atoms in total. The molecule has 2 aromatic carbocycles. The average molecular weight is 411 g/mol. The van der Waals surface area contributed by atoms with E-state index >= 15 is 0 Å². The smallest absolute Gasteiger partial charge is 0.303 e. The number of unbranched alkanes of at least 4 members (excludes halogenated alkanes) is 6. The minimum absolute atomic E-state index is 0.224. The molecule has 0 heterocycles. The molecule has 1 N–H and O–H groups in total. The molecule has 5 heteroatoms. The number of azo groups is 1. The number of ether oxygens (including phenoxy) is 1. The van der Waals surface area contributed by atoms with Gasteiger partial charge in [-0.05, 0) is 74.1 Å². The van der Waals surface area contributed by atoms with Gasteiger partial charge in [-0.15, -0.1) is 0 Å². The first-order chi connectivity index (χ1) is 14.7. The number of carbonyl (C=O) groups is 1. The Morgan fingerprint density at radius 3 is 2.03 bits per heavy atom. The van der Waals surface area contributed by atoms with E-state index in [-0.39, 0.29) is 6.42 Å². The summed E-state index contributed by atoms with van der Waals surface area (Å²) in [5.41, 5.74) is 2.99. The number of carboxylic acids is 1. The Kier molecular flexibility index (Phi) is 11.3. The second kappa shape index (κ2) is 14.3. The summed E-state index contributed by atoms with van der Waals surface area (Å²) >= 11 is 0. The molecule has 30 heavy (non-hydrogen) atoms. The topological polar surface area (TPSA) is 71.2 Å². The molecule has 0 aromatic heterocycles. The van der Waals surface area contributed by atoms with Crippen molar-refractivity contribution in [1.82, 2.24) is 0 Å². The second-order valence-corrected chi connectivity index (χ2v) is 7.58. The van der Waals surface area contributed by atoms with Crippen molar-refractivity contribution < 1.29 is 14.6 Å². The fourth-order valence-electron chi connectivity index (χ4n) is 3.13. The van der Waals surface area contributed by atoms with E-state index in [2.05, 4.69) is 29.3 Å². The van der Waals surface area contributed by atoms with E-state index in [0.29, 0.717) is 13.0 Å². The van der Waals surface area contributed by atoms with Gasteiger partial charge in [0.15, 0.2) is 0 Å². The zero-order chi connectivity index (χ0) is 21.4. The number of benzene rings is 2. The molecule has 0 radical (unpaired) electrons. The molecule has 0 atom stereocenters. The molecule has 0 aliphatic rings. The van der Waals surface area contributed by atoms with Gasteiger partial charge in [0.1, 0.15) is 5.75 Å². The van der Waals surface area contributed by atoms with Crippen LogP contribution in [0.25, 0.3) is 0 Å². The molecule has 2 aromatic rings. The second-order valence-electron chi connectivity index (χ2n) is 7.58. The maximum atomic E-state index is 10.5. The van der Waals surface area contributed by atoms with Crippen molar-refractivity contribution in [3.05, 3.63) is 54.1 Å². The number of carboxylic acid groups (broad SMARTS) is 1. The van der Waals surface area contributed by atoms with Crippen molar-refractivity contribution in [2.45, 2.75) is 71.1 Å². The first-order valence-corrected chi connectivity index (χ1v) is 11.1. The SMILES string of the molecule is CCCCCCCc1ccc(N=Nc2ccc(OCCCCCC(=O)O)cc2)cc1. The van der Waals surface area contributed by atoms with Crippen LogP contribution < -0.4 is 4.74 Å². The van der Waals surface area contributed by atoms with E-state index in [1.165, 1.54) is 37.7 Å². The average Bonchev–Trinajstić information content (AvgIpc) is 2.76. The molecular formula is C25H34N2O3. The van der Waals surface area contributed by atoms with Crippen LogP contribution in [0.5, 0.6) is 5.75 Å². The van der Waals surface area contributed by atoms with Crippen molar-refractivity contribution in [3.63, 3.8) is 0 Å². The molecule has 162 valence electrons. The van der Waals surface area contributed by atoms with Gasteiger partial charge in [-0.1, -0.05) is 44.7 Å². The third-order valence-corrected chi connectivity index (χ3v) is 4.93. The molecular weight excluding hydrogens is 376 g/mol. The first kappa shape index (κ1) is 23.6. The molecule has 0 amide bonds. The first-order valence-electron chi connectivity index (χ1n) is 11.1. The summed E-state index contributed by atoms with van der Waals surface area (Å²) in [6, 6.07) is 15.9. The summed E-state index contributed by atoms with van der Waals surface area (Å²) in [5, 5.41) is 17.2. The monoisotopic (exact) mass is 410 g/mol. The lowest BCUT2D eigenvalue weighted by atomic mass is 10.1. The minimum atomic E-state index is -0.741. The highest BCUT2D eigenvalue weighted by atomic mass is 16.5. The molecule has 0 saturated carbocycles. The lowest BCUT2D eigenvalue weighted by Gasteiger charge is -2.05. The van der Waals surface area contributed by atoms with Crippen LogP contribution >= 0.6 is 0 Å². The third-order valence-electron chi connectivity index (χ3n) is 4.93. The zero-order valence-corrected chi connectivity index (χ0v) is 18.1. The summed E-state index contributed by atoms with van der Waals surface area (Å²) < 4.78 is 5.68. The van der Waals surface area contributed by atoms with E-state index in [4.69, 9.17) is 9.84 Å². The Morgan fingerprint density at radius 1 is 0.800 bits per heavy atom. The molecule has 0 unspecified atom stereocenters. The highest BCUT2D eigenvalue weighted by Crippen LogP contribution is 2.22. The summed E-state index contributed by atoms with van der Waals surface area (Å²) in [6.45, 7) is 2.83. The molecule has 0 fully saturated rings. The van der Waals surface area contributed by atoms with Gasteiger partial charge < -0.3 is 9.84 Å². The maximum absolute atomic E-state index is 10.5. The fourth-order valence-corrected chi connectivity index (χ4v) is 3.13. The number of rotatable bonds is 15. The van der Waals surface area contributed by atoms with Gasteiger partial charge >= 0.3 is 5.97 Å². The quantitative estimate of drug-likeness (QED) is 0.242. The van der Waals surface area contributed by atoms with Gasteiger partial charge in [-0.25, -0.2) is 0 Å². The Labute approximate surface area is 180 Å². The van der Waals surface area contributed by atoms with Gasteiger partial charge in [0.2, 0.25) is 0 Å². The number of hydrogen-bond donors (Lipinski definition) is 1. The molecule has 0 aliphatic carbocycles.